The number of nitrogens with zero attached hydrogens (tertiary/aromatic N) is 5. The zero-order valence-electron chi connectivity index (χ0n) is 11.9. The molecule has 21 heavy (non-hydrogen) atoms. The van der Waals surface area contributed by atoms with Crippen LogP contribution in [0, 0.1) is 6.92 Å². The van der Waals surface area contributed by atoms with E-state index < -0.39 is 0 Å². The maximum Gasteiger partial charge on any atom is 0.223 e. The highest BCUT2D eigenvalue weighted by Crippen LogP contribution is 2.31. The summed E-state index contributed by atoms with van der Waals surface area (Å²) in [5.74, 6) is 1.47. The summed E-state index contributed by atoms with van der Waals surface area (Å²) >= 11 is 1.75. The summed E-state index contributed by atoms with van der Waals surface area (Å²) < 4.78 is 7.23. The predicted octanol–water partition coefficient (Wildman–Crippen LogP) is 2.81. The van der Waals surface area contributed by atoms with Crippen LogP contribution in [0.5, 0.6) is 0 Å². The third kappa shape index (κ3) is 2.47. The van der Waals surface area contributed by atoms with Crippen molar-refractivity contribution in [3.05, 3.63) is 35.2 Å². The van der Waals surface area contributed by atoms with Crippen LogP contribution in [0.3, 0.4) is 0 Å². The van der Waals surface area contributed by atoms with Gasteiger partial charge in [0.2, 0.25) is 5.89 Å². The van der Waals surface area contributed by atoms with E-state index in [0.29, 0.717) is 5.89 Å². The summed E-state index contributed by atoms with van der Waals surface area (Å²) in [6.07, 6.45) is 9.55. The molecule has 1 saturated heterocycles. The van der Waals surface area contributed by atoms with Gasteiger partial charge >= 0.3 is 0 Å². The smallest absolute Gasteiger partial charge is 0.223 e. The van der Waals surface area contributed by atoms with Gasteiger partial charge in [-0.3, -0.25) is 9.30 Å². The zero-order chi connectivity index (χ0) is 14.2. The average molecular weight is 303 g/mol. The van der Waals surface area contributed by atoms with Gasteiger partial charge in [-0.2, -0.15) is 4.98 Å². The van der Waals surface area contributed by atoms with Crippen molar-refractivity contribution in [2.24, 2.45) is 0 Å². The number of hydrogen-bond acceptors (Lipinski definition) is 6. The number of hydrogen-bond donors (Lipinski definition) is 0. The van der Waals surface area contributed by atoms with Crippen LogP contribution in [0.25, 0.3) is 4.96 Å². The Morgan fingerprint density at radius 2 is 2.38 bits per heavy atom. The van der Waals surface area contributed by atoms with Crippen molar-refractivity contribution in [3.63, 3.8) is 0 Å². The Morgan fingerprint density at radius 1 is 1.43 bits per heavy atom. The van der Waals surface area contributed by atoms with Gasteiger partial charge in [-0.25, -0.2) is 4.98 Å². The van der Waals surface area contributed by atoms with Crippen molar-refractivity contribution >= 4 is 16.3 Å². The third-order valence-corrected chi connectivity index (χ3v) is 4.95. The number of rotatable bonds is 3. The fourth-order valence-corrected chi connectivity index (χ4v) is 3.94. The molecule has 6 nitrogen and oxygen atoms in total. The molecule has 0 saturated carbocycles. The van der Waals surface area contributed by atoms with E-state index in [1.165, 1.54) is 17.7 Å². The van der Waals surface area contributed by atoms with Gasteiger partial charge in [-0.1, -0.05) is 22.9 Å². The summed E-state index contributed by atoms with van der Waals surface area (Å²) in [5.41, 5.74) is 0. The Balaban J connectivity index is 1.57. The van der Waals surface area contributed by atoms with Crippen LogP contribution in [0.15, 0.2) is 23.1 Å². The first kappa shape index (κ1) is 13.0. The molecule has 1 atom stereocenters. The van der Waals surface area contributed by atoms with E-state index in [1.807, 2.05) is 19.3 Å². The minimum absolute atomic E-state index is 0.269. The van der Waals surface area contributed by atoms with Gasteiger partial charge in [0.25, 0.3) is 0 Å². The number of likely N-dealkylation sites (tertiary alicyclic amines) is 1. The molecule has 7 heteroatoms. The molecule has 110 valence electrons. The summed E-state index contributed by atoms with van der Waals surface area (Å²) in [7, 11) is 0. The Morgan fingerprint density at radius 3 is 3.19 bits per heavy atom. The van der Waals surface area contributed by atoms with E-state index in [0.717, 1.165) is 30.3 Å². The van der Waals surface area contributed by atoms with Crippen molar-refractivity contribution in [2.45, 2.75) is 38.8 Å². The van der Waals surface area contributed by atoms with E-state index in [1.54, 1.807) is 11.3 Å². The summed E-state index contributed by atoms with van der Waals surface area (Å²) in [6.45, 7) is 3.85. The molecule has 1 aliphatic rings. The highest BCUT2D eigenvalue weighted by Gasteiger charge is 2.28. The predicted molar refractivity (Wildman–Crippen MR) is 79.1 cm³/mol. The van der Waals surface area contributed by atoms with Gasteiger partial charge in [0.05, 0.1) is 6.04 Å². The Bertz CT molecular complexity index is 717. The lowest BCUT2D eigenvalue weighted by atomic mass is 10.0. The van der Waals surface area contributed by atoms with Crippen LogP contribution in [0.4, 0.5) is 0 Å². The van der Waals surface area contributed by atoms with Gasteiger partial charge in [0, 0.05) is 36.9 Å². The molecular weight excluding hydrogens is 286 g/mol. The van der Waals surface area contributed by atoms with E-state index in [4.69, 9.17) is 4.52 Å². The summed E-state index contributed by atoms with van der Waals surface area (Å²) in [5, 5.41) is 4.12. The van der Waals surface area contributed by atoms with E-state index in [2.05, 4.69) is 30.6 Å². The zero-order valence-corrected chi connectivity index (χ0v) is 12.7. The number of thiazole rings is 1. The maximum atomic E-state index is 5.15. The van der Waals surface area contributed by atoms with Gasteiger partial charge in [0.1, 0.15) is 0 Å². The van der Waals surface area contributed by atoms with E-state index in [9.17, 15) is 0 Å². The van der Waals surface area contributed by atoms with Gasteiger partial charge in [-0.15, -0.1) is 0 Å². The third-order valence-electron chi connectivity index (χ3n) is 3.95. The number of piperidine rings is 1. The molecule has 1 fully saturated rings. The molecule has 0 bridgehead atoms. The van der Waals surface area contributed by atoms with Crippen LogP contribution in [-0.2, 0) is 6.54 Å². The van der Waals surface area contributed by atoms with E-state index in [-0.39, 0.29) is 6.04 Å². The van der Waals surface area contributed by atoms with Crippen molar-refractivity contribution in [1.82, 2.24) is 24.4 Å². The highest BCUT2D eigenvalue weighted by atomic mass is 32.1. The number of imidazole rings is 1. The molecule has 3 aromatic heterocycles. The molecule has 0 aromatic carbocycles. The Labute approximate surface area is 126 Å². The minimum atomic E-state index is 0.269. The highest BCUT2D eigenvalue weighted by molar-refractivity contribution is 7.17. The van der Waals surface area contributed by atoms with Crippen molar-refractivity contribution in [2.75, 3.05) is 6.54 Å². The second kappa shape index (κ2) is 5.23. The van der Waals surface area contributed by atoms with Gasteiger partial charge in [-0.05, 0) is 19.4 Å². The molecule has 0 N–H and O–H groups in total. The topological polar surface area (TPSA) is 59.5 Å². The molecule has 4 rings (SSSR count). The largest absolute Gasteiger partial charge is 0.340 e. The van der Waals surface area contributed by atoms with Crippen LogP contribution >= 0.6 is 11.3 Å². The monoisotopic (exact) mass is 303 g/mol. The number of aromatic nitrogens is 4. The molecule has 0 radical (unpaired) electrons. The SMILES string of the molecule is Cc1nc(C2CCCCN2Cc2cn3ccnc3s2)no1. The van der Waals surface area contributed by atoms with Crippen LogP contribution in [0.1, 0.15) is 41.9 Å². The lowest BCUT2D eigenvalue weighted by Gasteiger charge is -2.33. The second-order valence-corrected chi connectivity index (χ2v) is 6.56. The van der Waals surface area contributed by atoms with Crippen LogP contribution < -0.4 is 0 Å². The quantitative estimate of drug-likeness (QED) is 0.744. The molecular formula is C14H17N5OS. The fourth-order valence-electron chi connectivity index (χ4n) is 2.97. The standard InChI is InChI=1S/C14H17N5OS/c1-10-16-13(17-20-10)12-4-2-3-6-18(12)8-11-9-19-7-5-15-14(19)21-11/h5,7,9,12H,2-4,6,8H2,1H3. The maximum absolute atomic E-state index is 5.15. The lowest BCUT2D eigenvalue weighted by molar-refractivity contribution is 0.132. The van der Waals surface area contributed by atoms with Gasteiger partial charge < -0.3 is 4.52 Å². The van der Waals surface area contributed by atoms with Crippen molar-refractivity contribution in [1.29, 1.82) is 0 Å². The lowest BCUT2D eigenvalue weighted by Crippen LogP contribution is -2.33. The molecule has 0 spiro atoms. The first-order chi connectivity index (χ1) is 10.3. The number of fused-ring (bicyclic) bond motifs is 1. The van der Waals surface area contributed by atoms with Crippen LogP contribution in [-0.4, -0.2) is 31.0 Å². The van der Waals surface area contributed by atoms with Crippen LogP contribution in [0.2, 0.25) is 0 Å². The summed E-state index contributed by atoms with van der Waals surface area (Å²) in [4.78, 5) is 13.6. The first-order valence-corrected chi connectivity index (χ1v) is 8.07. The molecule has 1 unspecified atom stereocenters. The van der Waals surface area contributed by atoms with Gasteiger partial charge in [0.15, 0.2) is 10.8 Å². The van der Waals surface area contributed by atoms with Crippen molar-refractivity contribution < 1.29 is 4.52 Å². The Hall–Kier alpha value is -1.73. The molecule has 1 aliphatic heterocycles. The molecule has 0 amide bonds. The van der Waals surface area contributed by atoms with E-state index >= 15 is 0 Å². The molecule has 0 aliphatic carbocycles. The molecule has 4 heterocycles. The molecule has 3 aromatic rings. The first-order valence-electron chi connectivity index (χ1n) is 7.25. The Kier molecular flexibility index (Phi) is 3.23. The fraction of sp³-hybridized carbons (Fsp3) is 0.500. The van der Waals surface area contributed by atoms with Crippen molar-refractivity contribution in [3.8, 4) is 0 Å². The normalized spacial score (nSPS) is 20.3. The summed E-state index contributed by atoms with van der Waals surface area (Å²) in [6, 6.07) is 0.269. The number of aryl methyl sites for hydroxylation is 1. The minimum Gasteiger partial charge on any atom is -0.340 e. The average Bonchev–Trinajstić information content (AvgIpc) is 3.15. The second-order valence-electron chi connectivity index (χ2n) is 5.47.